The smallest absolute Gasteiger partial charge is 0.0950 e. The van der Waals surface area contributed by atoms with Gasteiger partial charge >= 0.3 is 0 Å². The molecule has 0 saturated heterocycles. The second kappa shape index (κ2) is 8.22. The van der Waals surface area contributed by atoms with Crippen molar-refractivity contribution < 1.29 is 0 Å². The zero-order valence-corrected chi connectivity index (χ0v) is 22.9. The molecule has 0 bridgehead atoms. The van der Waals surface area contributed by atoms with Gasteiger partial charge in [-0.15, -0.1) is 0 Å². The fraction of sp³-hybridized carbons (Fsp3) is 0.0769. The molecule has 1 aliphatic heterocycles. The van der Waals surface area contributed by atoms with Crippen LogP contribution >= 0.6 is 0 Å². The van der Waals surface area contributed by atoms with E-state index in [9.17, 15) is 0 Å². The molecule has 6 aromatic carbocycles. The standard InChI is InChI=1S/C39H28N2/c1-40-25-41(38-17-9-8-16-37(38)40)28-21-18-26(19-22-28)27-20-23-32-31-12-4-7-15-35(31)39(36(32)24-27)33-13-5-2-10-29(33)30-11-3-6-14-34(30)39/h2-24H,25H2,1H3. The molecule has 6 aromatic rings. The molecule has 0 saturated carbocycles. The molecule has 0 atom stereocenters. The predicted octanol–water partition coefficient (Wildman–Crippen LogP) is 9.24. The van der Waals surface area contributed by atoms with Gasteiger partial charge in [-0.1, -0.05) is 109 Å². The first-order chi connectivity index (χ1) is 20.2. The minimum atomic E-state index is -0.307. The first kappa shape index (κ1) is 22.7. The van der Waals surface area contributed by atoms with E-state index >= 15 is 0 Å². The number of hydrogen-bond acceptors (Lipinski definition) is 2. The molecule has 0 amide bonds. The second-order valence-electron chi connectivity index (χ2n) is 11.5. The average molecular weight is 525 g/mol. The normalized spacial score (nSPS) is 15.0. The molecule has 3 aliphatic rings. The van der Waals surface area contributed by atoms with Crippen LogP contribution in [0.3, 0.4) is 0 Å². The van der Waals surface area contributed by atoms with Gasteiger partial charge in [0.2, 0.25) is 0 Å². The van der Waals surface area contributed by atoms with Gasteiger partial charge in [0.25, 0.3) is 0 Å². The lowest BCUT2D eigenvalue weighted by Gasteiger charge is -2.30. The Labute approximate surface area is 240 Å². The number of nitrogens with zero attached hydrogens (tertiary/aromatic N) is 2. The molecule has 0 aromatic heterocycles. The highest BCUT2D eigenvalue weighted by Gasteiger charge is 2.51. The zero-order chi connectivity index (χ0) is 27.1. The van der Waals surface area contributed by atoms with Gasteiger partial charge in [0.05, 0.1) is 23.5 Å². The summed E-state index contributed by atoms with van der Waals surface area (Å²) in [6.07, 6.45) is 0. The monoisotopic (exact) mass is 524 g/mol. The van der Waals surface area contributed by atoms with Gasteiger partial charge in [0.15, 0.2) is 0 Å². The second-order valence-corrected chi connectivity index (χ2v) is 11.5. The quantitative estimate of drug-likeness (QED) is 0.222. The minimum absolute atomic E-state index is 0.307. The third-order valence-corrected chi connectivity index (χ3v) is 9.45. The Morgan fingerprint density at radius 2 is 0.951 bits per heavy atom. The molecule has 2 nitrogen and oxygen atoms in total. The summed E-state index contributed by atoms with van der Waals surface area (Å²) in [5, 5.41) is 0. The summed E-state index contributed by atoms with van der Waals surface area (Å²) in [6, 6.07) is 51.9. The highest BCUT2D eigenvalue weighted by atomic mass is 15.4. The van der Waals surface area contributed by atoms with E-state index in [4.69, 9.17) is 0 Å². The summed E-state index contributed by atoms with van der Waals surface area (Å²) in [5.74, 6) is 0. The summed E-state index contributed by atoms with van der Waals surface area (Å²) in [5.41, 5.74) is 16.8. The molecule has 41 heavy (non-hydrogen) atoms. The number of benzene rings is 6. The van der Waals surface area contributed by atoms with Gasteiger partial charge in [-0.2, -0.15) is 0 Å². The molecular weight excluding hydrogens is 496 g/mol. The van der Waals surface area contributed by atoms with Gasteiger partial charge in [-0.25, -0.2) is 0 Å². The topological polar surface area (TPSA) is 6.48 Å². The van der Waals surface area contributed by atoms with Crippen LogP contribution in [0, 0.1) is 0 Å². The molecule has 1 heterocycles. The summed E-state index contributed by atoms with van der Waals surface area (Å²) in [4.78, 5) is 4.69. The lowest BCUT2D eigenvalue weighted by atomic mass is 9.70. The van der Waals surface area contributed by atoms with Crippen molar-refractivity contribution in [3.63, 3.8) is 0 Å². The van der Waals surface area contributed by atoms with Crippen LogP contribution in [0.1, 0.15) is 22.3 Å². The van der Waals surface area contributed by atoms with Gasteiger partial charge in [0, 0.05) is 12.7 Å². The third-order valence-electron chi connectivity index (χ3n) is 9.45. The number of fused-ring (bicyclic) bond motifs is 11. The lowest BCUT2D eigenvalue weighted by molar-refractivity contribution is 0.794. The van der Waals surface area contributed by atoms with E-state index in [1.807, 2.05) is 0 Å². The van der Waals surface area contributed by atoms with Crippen LogP contribution in [-0.4, -0.2) is 13.7 Å². The largest absolute Gasteiger partial charge is 0.355 e. The molecular formula is C39H28N2. The van der Waals surface area contributed by atoms with Gasteiger partial charge in [0.1, 0.15) is 0 Å². The van der Waals surface area contributed by atoms with E-state index in [0.717, 1.165) is 6.67 Å². The molecule has 2 aliphatic carbocycles. The maximum Gasteiger partial charge on any atom is 0.0950 e. The summed E-state index contributed by atoms with van der Waals surface area (Å²) in [6.45, 7) is 0.858. The van der Waals surface area contributed by atoms with Crippen molar-refractivity contribution in [2.24, 2.45) is 0 Å². The average Bonchev–Trinajstić information content (AvgIpc) is 3.65. The SMILES string of the molecule is CN1CN(c2ccc(-c3ccc4c(c3)C3(c5ccccc5-c5ccccc53)c3ccccc3-4)cc2)c2ccccc21. The number of anilines is 3. The molecule has 0 unspecified atom stereocenters. The molecule has 0 N–H and O–H groups in total. The number of hydrogen-bond donors (Lipinski definition) is 0. The van der Waals surface area contributed by atoms with E-state index in [0.29, 0.717) is 0 Å². The van der Waals surface area contributed by atoms with Crippen molar-refractivity contribution in [2.45, 2.75) is 5.41 Å². The van der Waals surface area contributed by atoms with Crippen molar-refractivity contribution in [3.8, 4) is 33.4 Å². The molecule has 0 fully saturated rings. The van der Waals surface area contributed by atoms with Gasteiger partial charge in [-0.3, -0.25) is 0 Å². The predicted molar refractivity (Wildman–Crippen MR) is 170 cm³/mol. The van der Waals surface area contributed by atoms with Crippen LogP contribution < -0.4 is 9.80 Å². The van der Waals surface area contributed by atoms with Crippen molar-refractivity contribution in [2.75, 3.05) is 23.5 Å². The maximum atomic E-state index is 2.46. The first-order valence-electron chi connectivity index (χ1n) is 14.4. The fourth-order valence-electron chi connectivity index (χ4n) is 7.71. The van der Waals surface area contributed by atoms with Crippen LogP contribution in [0.2, 0.25) is 0 Å². The van der Waals surface area contributed by atoms with Crippen molar-refractivity contribution in [1.82, 2.24) is 0 Å². The fourth-order valence-corrected chi connectivity index (χ4v) is 7.71. The van der Waals surface area contributed by atoms with Crippen LogP contribution in [0.15, 0.2) is 140 Å². The van der Waals surface area contributed by atoms with Crippen molar-refractivity contribution in [3.05, 3.63) is 162 Å². The molecule has 0 radical (unpaired) electrons. The van der Waals surface area contributed by atoms with Crippen LogP contribution in [0.4, 0.5) is 17.1 Å². The van der Waals surface area contributed by atoms with Crippen LogP contribution in [0.25, 0.3) is 33.4 Å². The Balaban J connectivity index is 1.21. The van der Waals surface area contributed by atoms with E-state index in [1.54, 1.807) is 0 Å². The molecule has 9 rings (SSSR count). The Kier molecular flexibility index (Phi) is 4.55. The Bertz CT molecular complexity index is 1940. The van der Waals surface area contributed by atoms with Gasteiger partial charge < -0.3 is 9.80 Å². The van der Waals surface area contributed by atoms with E-state index in [-0.39, 0.29) is 5.41 Å². The first-order valence-corrected chi connectivity index (χ1v) is 14.4. The Hall–Kier alpha value is -5.08. The van der Waals surface area contributed by atoms with E-state index in [1.165, 1.54) is 72.7 Å². The van der Waals surface area contributed by atoms with Gasteiger partial charge in [-0.05, 0) is 86.0 Å². The molecule has 1 spiro atoms. The van der Waals surface area contributed by atoms with Crippen LogP contribution in [-0.2, 0) is 5.41 Å². The number of para-hydroxylation sites is 2. The highest BCUT2D eigenvalue weighted by molar-refractivity contribution is 5.96. The van der Waals surface area contributed by atoms with Crippen LogP contribution in [0.5, 0.6) is 0 Å². The zero-order valence-electron chi connectivity index (χ0n) is 22.9. The summed E-state index contributed by atoms with van der Waals surface area (Å²) >= 11 is 0. The van der Waals surface area contributed by atoms with Crippen molar-refractivity contribution in [1.29, 1.82) is 0 Å². The summed E-state index contributed by atoms with van der Waals surface area (Å²) in [7, 11) is 2.16. The maximum absolute atomic E-state index is 2.46. The minimum Gasteiger partial charge on any atom is -0.355 e. The highest BCUT2D eigenvalue weighted by Crippen LogP contribution is 2.63. The lowest BCUT2D eigenvalue weighted by Crippen LogP contribution is -2.25. The van der Waals surface area contributed by atoms with Crippen molar-refractivity contribution >= 4 is 17.1 Å². The number of rotatable bonds is 2. The molecule has 194 valence electrons. The Morgan fingerprint density at radius 3 is 1.56 bits per heavy atom. The van der Waals surface area contributed by atoms with E-state index in [2.05, 4.69) is 156 Å². The summed E-state index contributed by atoms with van der Waals surface area (Å²) < 4.78 is 0. The molecule has 2 heteroatoms. The third kappa shape index (κ3) is 2.92. The Morgan fingerprint density at radius 1 is 0.463 bits per heavy atom. The van der Waals surface area contributed by atoms with E-state index < -0.39 is 0 Å².